The molecule has 1 N–H and O–H groups in total. The molecule has 154 valence electrons. The van der Waals surface area contributed by atoms with Crippen molar-refractivity contribution in [3.05, 3.63) is 57.6 Å². The topological polar surface area (TPSA) is 111 Å². The summed E-state index contributed by atoms with van der Waals surface area (Å²) in [6, 6.07) is 7.66. The number of hydrogen-bond donors (Lipinski definition) is 1. The lowest BCUT2D eigenvalue weighted by atomic mass is 10.0. The van der Waals surface area contributed by atoms with E-state index in [0.717, 1.165) is 11.0 Å². The SMILES string of the molecule is Cn1ncc2c(=O)n(CC(=O)N3CCC(n4c(=O)[nH]c5ccccc54)CC3)cnc21. The van der Waals surface area contributed by atoms with Crippen LogP contribution < -0.4 is 11.2 Å². The molecule has 4 heterocycles. The summed E-state index contributed by atoms with van der Waals surface area (Å²) in [5.74, 6) is -0.133. The summed E-state index contributed by atoms with van der Waals surface area (Å²) < 4.78 is 4.64. The molecule has 10 heteroatoms. The van der Waals surface area contributed by atoms with E-state index in [1.165, 1.54) is 21.8 Å². The number of nitrogens with zero attached hydrogens (tertiary/aromatic N) is 6. The summed E-state index contributed by atoms with van der Waals surface area (Å²) in [5.41, 5.74) is 1.80. The fraction of sp³-hybridized carbons (Fsp3) is 0.350. The van der Waals surface area contributed by atoms with Gasteiger partial charge in [0.25, 0.3) is 5.56 Å². The van der Waals surface area contributed by atoms with Gasteiger partial charge in [-0.1, -0.05) is 12.1 Å². The second-order valence-electron chi connectivity index (χ2n) is 7.61. The third kappa shape index (κ3) is 2.92. The molecule has 4 aromatic rings. The van der Waals surface area contributed by atoms with Gasteiger partial charge in [-0.25, -0.2) is 9.78 Å². The monoisotopic (exact) mass is 407 g/mol. The minimum Gasteiger partial charge on any atom is -0.341 e. The van der Waals surface area contributed by atoms with Gasteiger partial charge in [-0.2, -0.15) is 5.10 Å². The van der Waals surface area contributed by atoms with Gasteiger partial charge in [-0.3, -0.25) is 23.4 Å². The molecule has 1 aliphatic rings. The Labute approximate surface area is 170 Å². The zero-order chi connectivity index (χ0) is 20.8. The molecule has 1 aliphatic heterocycles. The van der Waals surface area contributed by atoms with Crippen LogP contribution >= 0.6 is 0 Å². The Morgan fingerprint density at radius 1 is 1.20 bits per heavy atom. The average molecular weight is 407 g/mol. The van der Waals surface area contributed by atoms with E-state index in [2.05, 4.69) is 15.1 Å². The Hall–Kier alpha value is -3.69. The largest absolute Gasteiger partial charge is 0.341 e. The molecular formula is C20H21N7O3. The molecule has 0 radical (unpaired) electrons. The van der Waals surface area contributed by atoms with Crippen molar-refractivity contribution in [3.8, 4) is 0 Å². The van der Waals surface area contributed by atoms with Gasteiger partial charge >= 0.3 is 5.69 Å². The molecule has 0 saturated carbocycles. The molecule has 0 atom stereocenters. The maximum atomic E-state index is 12.8. The number of rotatable bonds is 3. The number of piperidine rings is 1. The number of likely N-dealkylation sites (tertiary alicyclic amines) is 1. The summed E-state index contributed by atoms with van der Waals surface area (Å²) in [6.07, 6.45) is 4.23. The fourth-order valence-corrected chi connectivity index (χ4v) is 4.24. The Bertz CT molecular complexity index is 1370. The number of aromatic nitrogens is 6. The van der Waals surface area contributed by atoms with Crippen molar-refractivity contribution < 1.29 is 4.79 Å². The van der Waals surface area contributed by atoms with Gasteiger partial charge in [0.2, 0.25) is 5.91 Å². The van der Waals surface area contributed by atoms with Crippen molar-refractivity contribution in [3.63, 3.8) is 0 Å². The fourth-order valence-electron chi connectivity index (χ4n) is 4.24. The highest BCUT2D eigenvalue weighted by atomic mass is 16.2. The number of benzene rings is 1. The maximum absolute atomic E-state index is 12.8. The van der Waals surface area contributed by atoms with E-state index in [-0.39, 0.29) is 29.7 Å². The van der Waals surface area contributed by atoms with Crippen molar-refractivity contribution in [2.75, 3.05) is 13.1 Å². The molecule has 0 unspecified atom stereocenters. The van der Waals surface area contributed by atoms with Crippen LogP contribution in [0, 0.1) is 0 Å². The van der Waals surface area contributed by atoms with E-state index in [1.54, 1.807) is 16.5 Å². The van der Waals surface area contributed by atoms with Crippen molar-refractivity contribution in [2.24, 2.45) is 7.05 Å². The number of para-hydroxylation sites is 2. The van der Waals surface area contributed by atoms with Crippen molar-refractivity contribution in [1.29, 1.82) is 0 Å². The lowest BCUT2D eigenvalue weighted by Gasteiger charge is -2.32. The van der Waals surface area contributed by atoms with Crippen LogP contribution in [0.4, 0.5) is 0 Å². The molecule has 5 rings (SSSR count). The third-order valence-electron chi connectivity index (χ3n) is 5.83. The maximum Gasteiger partial charge on any atom is 0.326 e. The molecule has 10 nitrogen and oxygen atoms in total. The Balaban J connectivity index is 1.30. The van der Waals surface area contributed by atoms with Crippen LogP contribution in [0.1, 0.15) is 18.9 Å². The molecule has 0 aliphatic carbocycles. The van der Waals surface area contributed by atoms with Crippen molar-refractivity contribution in [2.45, 2.75) is 25.4 Å². The summed E-state index contributed by atoms with van der Waals surface area (Å²) in [7, 11) is 1.72. The van der Waals surface area contributed by atoms with Gasteiger partial charge in [-0.05, 0) is 25.0 Å². The second kappa shape index (κ2) is 6.97. The van der Waals surface area contributed by atoms with Crippen LogP contribution in [0.3, 0.4) is 0 Å². The van der Waals surface area contributed by atoms with Gasteiger partial charge in [0.1, 0.15) is 18.3 Å². The molecule has 1 saturated heterocycles. The number of aromatic amines is 1. The predicted molar refractivity (Wildman–Crippen MR) is 110 cm³/mol. The normalized spacial score (nSPS) is 15.3. The lowest BCUT2D eigenvalue weighted by molar-refractivity contribution is -0.133. The average Bonchev–Trinajstić information content (AvgIpc) is 3.29. The molecule has 0 spiro atoms. The highest BCUT2D eigenvalue weighted by Crippen LogP contribution is 2.24. The number of amides is 1. The first-order chi connectivity index (χ1) is 14.5. The standard InChI is InChI=1S/C20H21N7O3/c1-24-18-14(10-22-24)19(29)26(12-21-18)11-17(28)25-8-6-13(7-9-25)27-16-5-3-2-4-15(16)23-20(27)30/h2-5,10,12-13H,6-9,11H2,1H3,(H,23,30). The van der Waals surface area contributed by atoms with Crippen molar-refractivity contribution in [1.82, 2.24) is 33.8 Å². The molecule has 1 fully saturated rings. The highest BCUT2D eigenvalue weighted by molar-refractivity contribution is 5.78. The summed E-state index contributed by atoms with van der Waals surface area (Å²) in [4.78, 5) is 46.6. The number of aryl methyl sites for hydroxylation is 1. The zero-order valence-corrected chi connectivity index (χ0v) is 16.5. The third-order valence-corrected chi connectivity index (χ3v) is 5.83. The molecule has 30 heavy (non-hydrogen) atoms. The first kappa shape index (κ1) is 18.3. The Morgan fingerprint density at radius 2 is 1.97 bits per heavy atom. The number of hydrogen-bond acceptors (Lipinski definition) is 5. The van der Waals surface area contributed by atoms with Gasteiger partial charge < -0.3 is 9.88 Å². The van der Waals surface area contributed by atoms with Crippen molar-refractivity contribution >= 4 is 28.0 Å². The summed E-state index contributed by atoms with van der Waals surface area (Å²) in [5, 5.41) is 4.44. The quantitative estimate of drug-likeness (QED) is 0.536. The van der Waals surface area contributed by atoms with Crippen LogP contribution in [0.15, 0.2) is 46.4 Å². The van der Waals surface area contributed by atoms with Crippen LogP contribution in [-0.2, 0) is 18.4 Å². The number of nitrogens with one attached hydrogen (secondary N) is 1. The van der Waals surface area contributed by atoms with Gasteiger partial charge in [0.05, 0.1) is 17.2 Å². The van der Waals surface area contributed by atoms with Gasteiger partial charge in [-0.15, -0.1) is 0 Å². The Kier molecular flexibility index (Phi) is 4.27. The summed E-state index contributed by atoms with van der Waals surface area (Å²) in [6.45, 7) is 1.01. The van der Waals surface area contributed by atoms with E-state index in [1.807, 2.05) is 24.3 Å². The molecule has 1 amide bonds. The summed E-state index contributed by atoms with van der Waals surface area (Å²) >= 11 is 0. The molecule has 3 aromatic heterocycles. The minimum atomic E-state index is -0.276. The number of H-pyrrole nitrogens is 1. The van der Waals surface area contributed by atoms with E-state index in [0.29, 0.717) is 37.0 Å². The van der Waals surface area contributed by atoms with E-state index >= 15 is 0 Å². The first-order valence-corrected chi connectivity index (χ1v) is 9.87. The number of fused-ring (bicyclic) bond motifs is 2. The smallest absolute Gasteiger partial charge is 0.326 e. The number of carbonyl (C=O) groups excluding carboxylic acids is 1. The first-order valence-electron chi connectivity index (χ1n) is 9.87. The number of imidazole rings is 1. The van der Waals surface area contributed by atoms with Crippen LogP contribution in [0.5, 0.6) is 0 Å². The lowest BCUT2D eigenvalue weighted by Crippen LogP contribution is -2.43. The molecule has 0 bridgehead atoms. The van der Waals surface area contributed by atoms with E-state index in [9.17, 15) is 14.4 Å². The van der Waals surface area contributed by atoms with Crippen LogP contribution in [0.25, 0.3) is 22.1 Å². The second-order valence-corrected chi connectivity index (χ2v) is 7.61. The van der Waals surface area contributed by atoms with E-state index < -0.39 is 0 Å². The van der Waals surface area contributed by atoms with Crippen LogP contribution in [0.2, 0.25) is 0 Å². The molecular weight excluding hydrogens is 386 g/mol. The van der Waals surface area contributed by atoms with Gasteiger partial charge in [0, 0.05) is 26.2 Å². The predicted octanol–water partition coefficient (Wildman–Crippen LogP) is 0.637. The zero-order valence-electron chi connectivity index (χ0n) is 16.5. The minimum absolute atomic E-state index is 0.0360. The number of carbonyl (C=O) groups is 1. The van der Waals surface area contributed by atoms with Crippen LogP contribution in [-0.4, -0.2) is 52.8 Å². The Morgan fingerprint density at radius 3 is 2.77 bits per heavy atom. The van der Waals surface area contributed by atoms with E-state index in [4.69, 9.17) is 0 Å². The highest BCUT2D eigenvalue weighted by Gasteiger charge is 2.26. The van der Waals surface area contributed by atoms with Gasteiger partial charge in [0.15, 0.2) is 5.65 Å². The molecule has 1 aromatic carbocycles.